The quantitative estimate of drug-likeness (QED) is 0.583. The van der Waals surface area contributed by atoms with E-state index in [0.29, 0.717) is 5.69 Å². The molecule has 0 unspecified atom stereocenters. The van der Waals surface area contributed by atoms with Crippen LogP contribution in [0.4, 0.5) is 5.69 Å². The van der Waals surface area contributed by atoms with E-state index >= 15 is 0 Å². The normalized spacial score (nSPS) is 10.2. The summed E-state index contributed by atoms with van der Waals surface area (Å²) in [5.74, 6) is -2.31. The van der Waals surface area contributed by atoms with Gasteiger partial charge in [0.2, 0.25) is 5.91 Å². The van der Waals surface area contributed by atoms with E-state index in [-0.39, 0.29) is 23.8 Å². The largest absolute Gasteiger partial charge is 0.483 e. The molecule has 0 heterocycles. The van der Waals surface area contributed by atoms with Crippen LogP contribution in [0.1, 0.15) is 21.5 Å². The van der Waals surface area contributed by atoms with Crippen molar-refractivity contribution in [1.29, 1.82) is 0 Å². The Kier molecular flexibility index (Phi) is 8.13. The lowest BCUT2D eigenvalue weighted by Crippen LogP contribution is -2.37. The molecule has 0 atom stereocenters. The van der Waals surface area contributed by atoms with Crippen molar-refractivity contribution >= 4 is 29.4 Å². The number of ether oxygens (including phenoxy) is 2. The van der Waals surface area contributed by atoms with Gasteiger partial charge in [0.1, 0.15) is 11.3 Å². The summed E-state index contributed by atoms with van der Waals surface area (Å²) in [5, 5.41) is 2.79. The Morgan fingerprint density at radius 2 is 1.61 bits per heavy atom. The second kappa shape index (κ2) is 10.8. The number of nitrogens with one attached hydrogen (secondary N) is 1. The van der Waals surface area contributed by atoms with E-state index < -0.39 is 31.0 Å². The van der Waals surface area contributed by atoms with Gasteiger partial charge in [0.25, 0.3) is 11.8 Å². The maximum absolute atomic E-state index is 12.3. The van der Waals surface area contributed by atoms with Crippen LogP contribution in [0.2, 0.25) is 0 Å². The van der Waals surface area contributed by atoms with Crippen LogP contribution in [0, 0.1) is 13.8 Å². The third kappa shape index (κ3) is 6.84. The Morgan fingerprint density at radius 1 is 0.968 bits per heavy atom. The van der Waals surface area contributed by atoms with Gasteiger partial charge in [0.15, 0.2) is 13.2 Å². The van der Waals surface area contributed by atoms with Crippen molar-refractivity contribution < 1.29 is 28.7 Å². The molecule has 9 nitrogen and oxygen atoms in total. The second-order valence-electron chi connectivity index (χ2n) is 6.89. The van der Waals surface area contributed by atoms with Crippen LogP contribution in [-0.4, -0.2) is 55.4 Å². The fraction of sp³-hybridized carbons (Fsp3) is 0.273. The van der Waals surface area contributed by atoms with E-state index in [1.54, 1.807) is 12.1 Å². The van der Waals surface area contributed by atoms with Crippen molar-refractivity contribution in [3.8, 4) is 5.75 Å². The number of aryl methyl sites for hydroxylation is 2. The van der Waals surface area contributed by atoms with Crippen LogP contribution in [0.5, 0.6) is 5.75 Å². The Morgan fingerprint density at radius 3 is 2.26 bits per heavy atom. The summed E-state index contributed by atoms with van der Waals surface area (Å²) in [6.45, 7) is 2.59. The van der Waals surface area contributed by atoms with Crippen molar-refractivity contribution in [3.63, 3.8) is 0 Å². The van der Waals surface area contributed by atoms with Gasteiger partial charge in [-0.1, -0.05) is 30.3 Å². The Bertz CT molecular complexity index is 969. The molecule has 0 saturated heterocycles. The first-order chi connectivity index (χ1) is 14.7. The molecule has 0 saturated carbocycles. The minimum atomic E-state index is -0.804. The average molecular weight is 427 g/mol. The number of carbonyl (C=O) groups is 4. The van der Waals surface area contributed by atoms with E-state index in [4.69, 9.17) is 15.2 Å². The number of primary amides is 1. The van der Waals surface area contributed by atoms with Gasteiger partial charge in [-0.15, -0.1) is 0 Å². The zero-order valence-corrected chi connectivity index (χ0v) is 17.6. The lowest BCUT2D eigenvalue weighted by Gasteiger charge is -2.18. The number of amides is 3. The van der Waals surface area contributed by atoms with Gasteiger partial charge in [-0.3, -0.25) is 14.4 Å². The maximum atomic E-state index is 12.3. The lowest BCUT2D eigenvalue weighted by atomic mass is 10.1. The van der Waals surface area contributed by atoms with Crippen molar-refractivity contribution in [2.75, 3.05) is 32.1 Å². The Labute approximate surface area is 180 Å². The highest BCUT2D eigenvalue weighted by Crippen LogP contribution is 2.20. The molecule has 9 heteroatoms. The summed E-state index contributed by atoms with van der Waals surface area (Å²) in [5.41, 5.74) is 7.61. The molecular formula is C22H25N3O6. The minimum Gasteiger partial charge on any atom is -0.483 e. The monoisotopic (exact) mass is 427 g/mol. The first kappa shape index (κ1) is 23.4. The SMILES string of the molecule is Cc1cccc(C)c1NC(=O)CN(C)C(=O)COC(=O)c1ccccc1OCC(N)=O. The zero-order valence-electron chi connectivity index (χ0n) is 17.6. The molecule has 0 aliphatic rings. The summed E-state index contributed by atoms with van der Waals surface area (Å²) < 4.78 is 10.2. The fourth-order valence-corrected chi connectivity index (χ4v) is 2.72. The number of rotatable bonds is 9. The van der Waals surface area contributed by atoms with Crippen LogP contribution in [0.15, 0.2) is 42.5 Å². The Hall–Kier alpha value is -3.88. The van der Waals surface area contributed by atoms with E-state index in [0.717, 1.165) is 16.0 Å². The van der Waals surface area contributed by atoms with Crippen molar-refractivity contribution in [2.24, 2.45) is 5.73 Å². The lowest BCUT2D eigenvalue weighted by molar-refractivity contribution is -0.136. The molecule has 2 aromatic carbocycles. The van der Waals surface area contributed by atoms with Gasteiger partial charge in [0.05, 0.1) is 6.54 Å². The highest BCUT2D eigenvalue weighted by Gasteiger charge is 2.19. The summed E-state index contributed by atoms with van der Waals surface area (Å²) in [4.78, 5) is 48.9. The first-order valence-electron chi connectivity index (χ1n) is 9.46. The predicted molar refractivity (Wildman–Crippen MR) is 114 cm³/mol. The number of nitrogens with zero attached hydrogens (tertiary/aromatic N) is 1. The zero-order chi connectivity index (χ0) is 23.0. The van der Waals surface area contributed by atoms with Gasteiger partial charge in [0, 0.05) is 12.7 Å². The van der Waals surface area contributed by atoms with Crippen LogP contribution >= 0.6 is 0 Å². The number of para-hydroxylation sites is 2. The molecule has 2 aromatic rings. The standard InChI is InChI=1S/C22H25N3O6/c1-14-7-6-8-15(2)21(14)24-19(27)11-25(3)20(28)13-31-22(29)16-9-4-5-10-17(16)30-12-18(23)26/h4-10H,11-13H2,1-3H3,(H2,23,26)(H,24,27). The summed E-state index contributed by atoms with van der Waals surface area (Å²) in [7, 11) is 1.43. The average Bonchev–Trinajstić information content (AvgIpc) is 2.73. The Balaban J connectivity index is 1.90. The van der Waals surface area contributed by atoms with E-state index in [1.807, 2.05) is 32.0 Å². The van der Waals surface area contributed by atoms with Crippen molar-refractivity contribution in [3.05, 3.63) is 59.2 Å². The molecule has 31 heavy (non-hydrogen) atoms. The minimum absolute atomic E-state index is 0.0481. The van der Waals surface area contributed by atoms with Gasteiger partial charge in [-0.25, -0.2) is 4.79 Å². The topological polar surface area (TPSA) is 128 Å². The highest BCUT2D eigenvalue weighted by molar-refractivity contribution is 5.97. The molecule has 0 radical (unpaired) electrons. The number of anilines is 1. The van der Waals surface area contributed by atoms with E-state index in [1.165, 1.54) is 19.2 Å². The second-order valence-corrected chi connectivity index (χ2v) is 6.89. The van der Waals surface area contributed by atoms with E-state index in [9.17, 15) is 19.2 Å². The number of carbonyl (C=O) groups excluding carboxylic acids is 4. The number of esters is 1. The molecule has 0 spiro atoms. The summed E-state index contributed by atoms with van der Waals surface area (Å²) in [6, 6.07) is 11.8. The molecule has 3 amide bonds. The number of hydrogen-bond donors (Lipinski definition) is 2. The summed E-state index contributed by atoms with van der Waals surface area (Å²) >= 11 is 0. The van der Waals surface area contributed by atoms with Gasteiger partial charge < -0.3 is 25.4 Å². The molecular weight excluding hydrogens is 402 g/mol. The van der Waals surface area contributed by atoms with Gasteiger partial charge >= 0.3 is 5.97 Å². The first-order valence-corrected chi connectivity index (χ1v) is 9.46. The highest BCUT2D eigenvalue weighted by atomic mass is 16.5. The number of nitrogens with two attached hydrogens (primary N) is 1. The van der Waals surface area contributed by atoms with Gasteiger partial charge in [-0.05, 0) is 37.1 Å². The molecule has 0 aromatic heterocycles. The van der Waals surface area contributed by atoms with Crippen molar-refractivity contribution in [1.82, 2.24) is 4.90 Å². The summed E-state index contributed by atoms with van der Waals surface area (Å²) in [6.07, 6.45) is 0. The molecule has 0 aliphatic heterocycles. The van der Waals surface area contributed by atoms with Crippen LogP contribution < -0.4 is 15.8 Å². The molecule has 164 valence electrons. The maximum Gasteiger partial charge on any atom is 0.342 e. The molecule has 0 fully saturated rings. The number of hydrogen-bond acceptors (Lipinski definition) is 6. The van der Waals surface area contributed by atoms with Crippen LogP contribution in [0.25, 0.3) is 0 Å². The molecule has 2 rings (SSSR count). The molecule has 3 N–H and O–H groups in total. The van der Waals surface area contributed by atoms with Crippen molar-refractivity contribution in [2.45, 2.75) is 13.8 Å². The van der Waals surface area contributed by atoms with Crippen LogP contribution in [-0.2, 0) is 19.1 Å². The smallest absolute Gasteiger partial charge is 0.342 e. The molecule has 0 aliphatic carbocycles. The third-order valence-electron chi connectivity index (χ3n) is 4.36. The predicted octanol–water partition coefficient (Wildman–Crippen LogP) is 1.42. The number of benzene rings is 2. The van der Waals surface area contributed by atoms with Gasteiger partial charge in [-0.2, -0.15) is 0 Å². The van der Waals surface area contributed by atoms with Crippen LogP contribution in [0.3, 0.4) is 0 Å². The fourth-order valence-electron chi connectivity index (χ4n) is 2.72. The number of likely N-dealkylation sites (N-methyl/N-ethyl adjacent to an activating group) is 1. The van der Waals surface area contributed by atoms with E-state index in [2.05, 4.69) is 5.32 Å². The molecule has 0 bridgehead atoms. The third-order valence-corrected chi connectivity index (χ3v) is 4.36.